The fourth-order valence-corrected chi connectivity index (χ4v) is 2.36. The third kappa shape index (κ3) is 5.07. The zero-order valence-corrected chi connectivity index (χ0v) is 14.9. The first-order chi connectivity index (χ1) is 13.3. The van der Waals surface area contributed by atoms with Gasteiger partial charge in [0.2, 0.25) is 0 Å². The van der Waals surface area contributed by atoms with Crippen molar-refractivity contribution in [2.75, 3.05) is 0 Å². The number of alkyl halides is 3. The molecule has 142 valence electrons. The summed E-state index contributed by atoms with van der Waals surface area (Å²) in [4.78, 5) is 16.4. The molecule has 0 saturated carbocycles. The van der Waals surface area contributed by atoms with Gasteiger partial charge in [-0.1, -0.05) is 29.8 Å². The van der Waals surface area contributed by atoms with E-state index in [4.69, 9.17) is 4.74 Å². The van der Waals surface area contributed by atoms with Crippen LogP contribution in [-0.4, -0.2) is 12.2 Å². The molecule has 0 atom stereocenters. The lowest BCUT2D eigenvalue weighted by Gasteiger charge is -2.06. The number of ether oxygens (including phenoxy) is 1. The standard InChI is InChI=1S/C22H16F3NO2/c1-15-2-12-20(13-3-15)28-21(27)17-6-10-19(11-7-17)26-14-16-4-8-18(9-5-16)22(23,24)25/h2-14H,1H3. The highest BCUT2D eigenvalue weighted by Gasteiger charge is 2.29. The second-order valence-electron chi connectivity index (χ2n) is 6.13. The SMILES string of the molecule is Cc1ccc(OC(=O)c2ccc(N=Cc3ccc(C(F)(F)F)cc3)cc2)cc1. The Bertz CT molecular complexity index is 974. The quantitative estimate of drug-likeness (QED) is 0.316. The third-order valence-electron chi connectivity index (χ3n) is 3.94. The number of carbonyl (C=O) groups excluding carboxylic acids is 1. The molecular formula is C22H16F3NO2. The molecule has 3 aromatic rings. The van der Waals surface area contributed by atoms with Crippen LogP contribution in [0.4, 0.5) is 18.9 Å². The van der Waals surface area contributed by atoms with Crippen molar-refractivity contribution >= 4 is 17.9 Å². The first-order valence-electron chi connectivity index (χ1n) is 8.41. The van der Waals surface area contributed by atoms with E-state index in [2.05, 4.69) is 4.99 Å². The molecule has 0 radical (unpaired) electrons. The van der Waals surface area contributed by atoms with Crippen molar-refractivity contribution in [2.45, 2.75) is 13.1 Å². The van der Waals surface area contributed by atoms with Gasteiger partial charge >= 0.3 is 12.1 Å². The summed E-state index contributed by atoms with van der Waals surface area (Å²) in [7, 11) is 0. The van der Waals surface area contributed by atoms with Crippen LogP contribution >= 0.6 is 0 Å². The summed E-state index contributed by atoms with van der Waals surface area (Å²) in [5, 5.41) is 0. The molecule has 0 aliphatic heterocycles. The van der Waals surface area contributed by atoms with Crippen LogP contribution in [0.15, 0.2) is 77.8 Å². The van der Waals surface area contributed by atoms with Gasteiger partial charge in [-0.15, -0.1) is 0 Å². The average molecular weight is 383 g/mol. The fraction of sp³-hybridized carbons (Fsp3) is 0.0909. The molecule has 0 amide bonds. The van der Waals surface area contributed by atoms with E-state index in [9.17, 15) is 18.0 Å². The molecule has 0 unspecified atom stereocenters. The van der Waals surface area contributed by atoms with E-state index in [1.165, 1.54) is 18.3 Å². The van der Waals surface area contributed by atoms with E-state index in [0.717, 1.165) is 17.7 Å². The van der Waals surface area contributed by atoms with Gasteiger partial charge in [0, 0.05) is 6.21 Å². The van der Waals surface area contributed by atoms with Crippen molar-refractivity contribution in [1.29, 1.82) is 0 Å². The summed E-state index contributed by atoms with van der Waals surface area (Å²) in [6.07, 6.45) is -2.90. The molecule has 0 aliphatic rings. The lowest BCUT2D eigenvalue weighted by atomic mass is 10.1. The Morgan fingerprint density at radius 2 is 1.50 bits per heavy atom. The molecule has 6 heteroatoms. The van der Waals surface area contributed by atoms with E-state index in [1.54, 1.807) is 36.4 Å². The predicted molar refractivity (Wildman–Crippen MR) is 101 cm³/mol. The monoisotopic (exact) mass is 383 g/mol. The highest BCUT2D eigenvalue weighted by Crippen LogP contribution is 2.29. The zero-order valence-electron chi connectivity index (χ0n) is 14.9. The van der Waals surface area contributed by atoms with Gasteiger partial charge in [0.15, 0.2) is 0 Å². The second kappa shape index (κ2) is 8.08. The van der Waals surface area contributed by atoms with Crippen molar-refractivity contribution in [2.24, 2.45) is 4.99 Å². The first kappa shape index (κ1) is 19.4. The van der Waals surface area contributed by atoms with E-state index in [1.807, 2.05) is 19.1 Å². The maximum Gasteiger partial charge on any atom is 0.416 e. The van der Waals surface area contributed by atoms with Gasteiger partial charge in [0.1, 0.15) is 5.75 Å². The van der Waals surface area contributed by atoms with Gasteiger partial charge in [0.25, 0.3) is 0 Å². The van der Waals surface area contributed by atoms with Crippen LogP contribution in [0.5, 0.6) is 5.75 Å². The molecule has 0 bridgehead atoms. The number of esters is 1. The summed E-state index contributed by atoms with van der Waals surface area (Å²) in [6.45, 7) is 1.94. The summed E-state index contributed by atoms with van der Waals surface area (Å²) >= 11 is 0. The molecule has 0 aromatic heterocycles. The normalized spacial score (nSPS) is 11.6. The average Bonchev–Trinajstić information content (AvgIpc) is 2.68. The maximum absolute atomic E-state index is 12.6. The van der Waals surface area contributed by atoms with Crippen LogP contribution in [0.25, 0.3) is 0 Å². The van der Waals surface area contributed by atoms with Gasteiger partial charge in [-0.3, -0.25) is 4.99 Å². The number of benzene rings is 3. The van der Waals surface area contributed by atoms with Gasteiger partial charge in [-0.25, -0.2) is 4.79 Å². The van der Waals surface area contributed by atoms with Crippen molar-refractivity contribution in [3.05, 3.63) is 95.1 Å². The summed E-state index contributed by atoms with van der Waals surface area (Å²) < 4.78 is 43.0. The van der Waals surface area contributed by atoms with E-state index >= 15 is 0 Å². The molecule has 0 spiro atoms. The highest BCUT2D eigenvalue weighted by molar-refractivity contribution is 5.91. The Hall–Kier alpha value is -3.41. The minimum Gasteiger partial charge on any atom is -0.423 e. The van der Waals surface area contributed by atoms with Gasteiger partial charge in [-0.05, 0) is 61.0 Å². The van der Waals surface area contributed by atoms with Crippen molar-refractivity contribution in [3.8, 4) is 5.75 Å². The minimum absolute atomic E-state index is 0.369. The predicted octanol–water partition coefficient (Wildman–Crippen LogP) is 5.98. The molecule has 3 rings (SSSR count). The molecule has 0 saturated heterocycles. The largest absolute Gasteiger partial charge is 0.423 e. The summed E-state index contributed by atoms with van der Waals surface area (Å²) in [5.41, 5.74) is 1.83. The number of aliphatic imine (C=N–C) groups is 1. The number of halogens is 3. The third-order valence-corrected chi connectivity index (χ3v) is 3.94. The first-order valence-corrected chi connectivity index (χ1v) is 8.41. The number of aryl methyl sites for hydroxylation is 1. The van der Waals surface area contributed by atoms with Crippen molar-refractivity contribution in [3.63, 3.8) is 0 Å². The molecular weight excluding hydrogens is 367 g/mol. The van der Waals surface area contributed by atoms with Crippen molar-refractivity contribution in [1.82, 2.24) is 0 Å². The molecule has 0 fully saturated rings. The number of hydrogen-bond acceptors (Lipinski definition) is 3. The maximum atomic E-state index is 12.6. The van der Waals surface area contributed by atoms with E-state index in [-0.39, 0.29) is 0 Å². The van der Waals surface area contributed by atoms with Crippen LogP contribution in [-0.2, 0) is 6.18 Å². The smallest absolute Gasteiger partial charge is 0.416 e. The number of hydrogen-bond donors (Lipinski definition) is 0. The van der Waals surface area contributed by atoms with Gasteiger partial charge < -0.3 is 4.74 Å². The van der Waals surface area contributed by atoms with Crippen LogP contribution in [0, 0.1) is 6.92 Å². The van der Waals surface area contributed by atoms with Crippen LogP contribution < -0.4 is 4.74 Å². The lowest BCUT2D eigenvalue weighted by Crippen LogP contribution is -2.08. The fourth-order valence-electron chi connectivity index (χ4n) is 2.36. The molecule has 3 nitrogen and oxygen atoms in total. The molecule has 28 heavy (non-hydrogen) atoms. The highest BCUT2D eigenvalue weighted by atomic mass is 19.4. The zero-order chi connectivity index (χ0) is 20.1. The molecule has 0 aliphatic carbocycles. The summed E-state index contributed by atoms with van der Waals surface area (Å²) in [5.74, 6) is -0.0258. The van der Waals surface area contributed by atoms with Crippen molar-refractivity contribution < 1.29 is 22.7 Å². The van der Waals surface area contributed by atoms with Gasteiger partial charge in [0.05, 0.1) is 16.8 Å². The molecule has 0 heterocycles. The minimum atomic E-state index is -4.36. The van der Waals surface area contributed by atoms with E-state index in [0.29, 0.717) is 22.6 Å². The Morgan fingerprint density at radius 1 is 0.893 bits per heavy atom. The number of nitrogens with zero attached hydrogens (tertiary/aromatic N) is 1. The number of rotatable bonds is 4. The van der Waals surface area contributed by atoms with Crippen LogP contribution in [0.3, 0.4) is 0 Å². The second-order valence-corrected chi connectivity index (χ2v) is 6.13. The topological polar surface area (TPSA) is 38.7 Å². The number of carbonyl (C=O) groups is 1. The van der Waals surface area contributed by atoms with E-state index < -0.39 is 17.7 Å². The Kier molecular flexibility index (Phi) is 5.59. The Balaban J connectivity index is 1.64. The summed E-state index contributed by atoms with van der Waals surface area (Å²) in [6, 6.07) is 18.3. The Labute approximate surface area is 160 Å². The van der Waals surface area contributed by atoms with Crippen LogP contribution in [0.1, 0.15) is 27.0 Å². The Morgan fingerprint density at radius 3 is 2.07 bits per heavy atom. The van der Waals surface area contributed by atoms with Gasteiger partial charge in [-0.2, -0.15) is 13.2 Å². The molecule has 0 N–H and O–H groups in total. The lowest BCUT2D eigenvalue weighted by molar-refractivity contribution is -0.137. The molecule has 3 aromatic carbocycles. The van der Waals surface area contributed by atoms with Crippen LogP contribution in [0.2, 0.25) is 0 Å².